The molecule has 0 aliphatic rings. The second-order valence-electron chi connectivity index (χ2n) is 5.77. The maximum atomic E-state index is 12.6. The Kier molecular flexibility index (Phi) is 6.73. The summed E-state index contributed by atoms with van der Waals surface area (Å²) in [6.45, 7) is 1.80. The van der Waals surface area contributed by atoms with Crippen molar-refractivity contribution in [2.45, 2.75) is 24.3 Å². The number of sulfonamides is 1. The minimum Gasteiger partial charge on any atom is -0.478 e. The van der Waals surface area contributed by atoms with Crippen LogP contribution in [0.15, 0.2) is 53.4 Å². The Balaban J connectivity index is 2.37. The number of nitrogens with one attached hydrogen (secondary N) is 2. The molecule has 0 saturated heterocycles. The Morgan fingerprint density at radius 2 is 1.85 bits per heavy atom. The third-order valence-electron chi connectivity index (χ3n) is 3.82. The van der Waals surface area contributed by atoms with Crippen LogP contribution in [0.4, 0.5) is 5.69 Å². The van der Waals surface area contributed by atoms with Crippen LogP contribution in [0.1, 0.15) is 35.3 Å². The first-order valence-corrected chi connectivity index (χ1v) is 9.63. The monoisotopic (exact) mass is 378 g/mol. The standard InChI is InChI=1S/C18H22N2O5S/c1-13(14-6-3-2-4-7-14)20-16-9-8-15(18(22)23)12-17(16)26(24,25)19-10-5-11-21/h2-4,6-9,12-13,19-21H,5,10-11H2,1H3,(H,22,23)/t13-/m0/s1. The summed E-state index contributed by atoms with van der Waals surface area (Å²) in [6.07, 6.45) is 0.265. The summed E-state index contributed by atoms with van der Waals surface area (Å²) >= 11 is 0. The van der Waals surface area contributed by atoms with Crippen LogP contribution in [0.3, 0.4) is 0 Å². The normalized spacial score (nSPS) is 12.5. The summed E-state index contributed by atoms with van der Waals surface area (Å²) in [4.78, 5) is 11.1. The van der Waals surface area contributed by atoms with Crippen LogP contribution >= 0.6 is 0 Å². The molecule has 0 amide bonds. The van der Waals surface area contributed by atoms with E-state index in [1.165, 1.54) is 12.1 Å². The molecule has 0 unspecified atom stereocenters. The van der Waals surface area contributed by atoms with Gasteiger partial charge in [-0.15, -0.1) is 0 Å². The fourth-order valence-electron chi connectivity index (χ4n) is 2.42. The second-order valence-corrected chi connectivity index (χ2v) is 7.50. The summed E-state index contributed by atoms with van der Waals surface area (Å²) in [5, 5.41) is 21.1. The number of anilines is 1. The number of aromatic carboxylic acids is 1. The first-order chi connectivity index (χ1) is 12.3. The molecule has 0 aliphatic heterocycles. The molecule has 26 heavy (non-hydrogen) atoms. The number of rotatable bonds is 9. The zero-order valence-corrected chi connectivity index (χ0v) is 15.2. The van der Waals surface area contributed by atoms with E-state index < -0.39 is 16.0 Å². The third kappa shape index (κ3) is 5.04. The van der Waals surface area contributed by atoms with Crippen LogP contribution in [-0.2, 0) is 10.0 Å². The highest BCUT2D eigenvalue weighted by molar-refractivity contribution is 7.89. The number of carboxylic acid groups (broad SMARTS) is 1. The largest absolute Gasteiger partial charge is 0.478 e. The van der Waals surface area contributed by atoms with Gasteiger partial charge in [-0.3, -0.25) is 0 Å². The first-order valence-electron chi connectivity index (χ1n) is 8.14. The summed E-state index contributed by atoms with van der Waals surface area (Å²) in [5.41, 5.74) is 1.15. The molecule has 4 N–H and O–H groups in total. The van der Waals surface area contributed by atoms with Crippen molar-refractivity contribution < 1.29 is 23.4 Å². The number of carbonyl (C=O) groups is 1. The van der Waals surface area contributed by atoms with Gasteiger partial charge < -0.3 is 15.5 Å². The van der Waals surface area contributed by atoms with Gasteiger partial charge in [0.25, 0.3) is 0 Å². The predicted molar refractivity (Wildman–Crippen MR) is 98.8 cm³/mol. The second kappa shape index (κ2) is 8.79. The van der Waals surface area contributed by atoms with E-state index in [0.717, 1.165) is 11.6 Å². The van der Waals surface area contributed by atoms with Gasteiger partial charge in [0.15, 0.2) is 0 Å². The molecule has 0 aromatic heterocycles. The maximum Gasteiger partial charge on any atom is 0.335 e. The summed E-state index contributed by atoms with van der Waals surface area (Å²) < 4.78 is 27.6. The van der Waals surface area contributed by atoms with Crippen molar-refractivity contribution in [3.63, 3.8) is 0 Å². The van der Waals surface area contributed by atoms with Crippen molar-refractivity contribution in [3.05, 3.63) is 59.7 Å². The van der Waals surface area contributed by atoms with Gasteiger partial charge in [0.1, 0.15) is 4.90 Å². The fourth-order valence-corrected chi connectivity index (χ4v) is 3.69. The molecule has 8 heteroatoms. The Hall–Kier alpha value is -2.42. The van der Waals surface area contributed by atoms with E-state index in [4.69, 9.17) is 5.11 Å². The molecule has 0 bridgehead atoms. The molecule has 2 aromatic rings. The van der Waals surface area contributed by atoms with Crippen LogP contribution < -0.4 is 10.0 Å². The van der Waals surface area contributed by atoms with E-state index in [1.54, 1.807) is 0 Å². The van der Waals surface area contributed by atoms with E-state index >= 15 is 0 Å². The maximum absolute atomic E-state index is 12.6. The van der Waals surface area contributed by atoms with Gasteiger partial charge >= 0.3 is 5.97 Å². The van der Waals surface area contributed by atoms with Crippen LogP contribution in [0.2, 0.25) is 0 Å². The number of hydrogen-bond donors (Lipinski definition) is 4. The van der Waals surface area contributed by atoms with Gasteiger partial charge in [-0.2, -0.15) is 0 Å². The topological polar surface area (TPSA) is 116 Å². The molecule has 0 saturated carbocycles. The van der Waals surface area contributed by atoms with Crippen LogP contribution in [0, 0.1) is 0 Å². The molecule has 0 aliphatic carbocycles. The number of hydrogen-bond acceptors (Lipinski definition) is 5. The van der Waals surface area contributed by atoms with Crippen LogP contribution in [0.25, 0.3) is 0 Å². The number of aliphatic hydroxyl groups is 1. The van der Waals surface area contributed by atoms with E-state index in [-0.39, 0.29) is 36.1 Å². The zero-order valence-electron chi connectivity index (χ0n) is 14.3. The van der Waals surface area contributed by atoms with E-state index in [1.807, 2.05) is 37.3 Å². The molecule has 0 fully saturated rings. The average Bonchev–Trinajstić information content (AvgIpc) is 2.62. The highest BCUT2D eigenvalue weighted by Gasteiger charge is 2.21. The molecule has 2 rings (SSSR count). The number of benzene rings is 2. The van der Waals surface area contributed by atoms with Crippen LogP contribution in [0.5, 0.6) is 0 Å². The number of carboxylic acids is 1. The van der Waals surface area contributed by atoms with E-state index in [2.05, 4.69) is 10.0 Å². The van der Waals surface area contributed by atoms with Crippen molar-refractivity contribution in [3.8, 4) is 0 Å². The molecule has 0 spiro atoms. The zero-order chi connectivity index (χ0) is 19.2. The summed E-state index contributed by atoms with van der Waals surface area (Å²) in [7, 11) is -3.93. The van der Waals surface area contributed by atoms with Crippen LogP contribution in [-0.4, -0.2) is 37.8 Å². The minimum absolute atomic E-state index is 0.0593. The van der Waals surface area contributed by atoms with Gasteiger partial charge in [-0.25, -0.2) is 17.9 Å². The highest BCUT2D eigenvalue weighted by Crippen LogP contribution is 2.27. The van der Waals surface area contributed by atoms with E-state index in [9.17, 15) is 18.3 Å². The van der Waals surface area contributed by atoms with Crippen molar-refractivity contribution in [1.29, 1.82) is 0 Å². The van der Waals surface area contributed by atoms with Crippen molar-refractivity contribution in [2.24, 2.45) is 0 Å². The van der Waals surface area contributed by atoms with Gasteiger partial charge in [0, 0.05) is 19.2 Å². The van der Waals surface area contributed by atoms with Gasteiger partial charge in [0.05, 0.1) is 11.3 Å². The molecule has 0 heterocycles. The lowest BCUT2D eigenvalue weighted by Gasteiger charge is -2.19. The Labute approximate surface area is 152 Å². The lowest BCUT2D eigenvalue weighted by molar-refractivity contribution is 0.0696. The molecule has 140 valence electrons. The average molecular weight is 378 g/mol. The van der Waals surface area contributed by atoms with Crippen molar-refractivity contribution in [1.82, 2.24) is 4.72 Å². The molecular weight excluding hydrogens is 356 g/mol. The SMILES string of the molecule is C[C@H](Nc1ccc(C(=O)O)cc1S(=O)(=O)NCCCO)c1ccccc1. The van der Waals surface area contributed by atoms with Crippen molar-refractivity contribution >= 4 is 21.7 Å². The third-order valence-corrected chi connectivity index (χ3v) is 5.32. The molecule has 7 nitrogen and oxygen atoms in total. The molecule has 1 atom stereocenters. The smallest absolute Gasteiger partial charge is 0.335 e. The highest BCUT2D eigenvalue weighted by atomic mass is 32.2. The lowest BCUT2D eigenvalue weighted by Crippen LogP contribution is -2.26. The summed E-state index contributed by atoms with van der Waals surface area (Å²) in [6, 6.07) is 13.2. The molecule has 2 aromatic carbocycles. The Bertz CT molecular complexity index is 853. The van der Waals surface area contributed by atoms with Gasteiger partial charge in [0.2, 0.25) is 10.0 Å². The van der Waals surface area contributed by atoms with E-state index in [0.29, 0.717) is 5.69 Å². The predicted octanol–water partition coefficient (Wildman–Crippen LogP) is 2.22. The first kappa shape index (κ1) is 19.9. The minimum atomic E-state index is -3.93. The molecule has 0 radical (unpaired) electrons. The van der Waals surface area contributed by atoms with Gasteiger partial charge in [-0.05, 0) is 37.1 Å². The quantitative estimate of drug-likeness (QED) is 0.497. The van der Waals surface area contributed by atoms with Gasteiger partial charge in [-0.1, -0.05) is 30.3 Å². The lowest BCUT2D eigenvalue weighted by atomic mass is 10.1. The Morgan fingerprint density at radius 1 is 1.15 bits per heavy atom. The Morgan fingerprint density at radius 3 is 2.46 bits per heavy atom. The molecular formula is C18H22N2O5S. The fraction of sp³-hybridized carbons (Fsp3) is 0.278. The van der Waals surface area contributed by atoms with Crippen molar-refractivity contribution in [2.75, 3.05) is 18.5 Å². The number of aliphatic hydroxyl groups excluding tert-OH is 1. The summed E-state index contributed by atoms with van der Waals surface area (Å²) in [5.74, 6) is -1.21.